The van der Waals surface area contributed by atoms with Crippen LogP contribution in [0.4, 0.5) is 0 Å². The second-order valence-corrected chi connectivity index (χ2v) is 20.3. The molecule has 11 rings (SSSR count). The number of fused-ring (bicyclic) bond motifs is 1. The minimum absolute atomic E-state index is 0. The van der Waals surface area contributed by atoms with Gasteiger partial charge in [-0.3, -0.25) is 0 Å². The van der Waals surface area contributed by atoms with Gasteiger partial charge >= 0.3 is 26.2 Å². The van der Waals surface area contributed by atoms with Crippen molar-refractivity contribution in [3.8, 4) is 11.1 Å². The molecule has 0 nitrogen and oxygen atoms in total. The monoisotopic (exact) mass is 705 g/mol. The predicted octanol–water partition coefficient (Wildman–Crippen LogP) is 4.74. The third-order valence-corrected chi connectivity index (χ3v) is 16.8. The normalized spacial score (nSPS) is 28.6. The first kappa shape index (κ1) is 32.6. The molecule has 3 heterocycles. The summed E-state index contributed by atoms with van der Waals surface area (Å²) >= 11 is 2.03. The summed E-state index contributed by atoms with van der Waals surface area (Å²) in [5.41, 5.74) is 10.5. The molecule has 42 heavy (non-hydrogen) atoms. The number of hydrogen-bond donors (Lipinski definition) is 0. The van der Waals surface area contributed by atoms with Crippen molar-refractivity contribution in [2.24, 2.45) is 17.8 Å². The van der Waals surface area contributed by atoms with Gasteiger partial charge in [0.1, 0.15) is 0 Å². The van der Waals surface area contributed by atoms with E-state index in [1.807, 2.05) is 11.3 Å². The minimum Gasteiger partial charge on any atom is -1.00 e. The van der Waals surface area contributed by atoms with Crippen molar-refractivity contribution >= 4 is 35.4 Å². The van der Waals surface area contributed by atoms with E-state index in [2.05, 4.69) is 94.5 Å². The number of thiophene rings is 1. The quantitative estimate of drug-likeness (QED) is 0.209. The molecule has 4 aromatic rings. The summed E-state index contributed by atoms with van der Waals surface area (Å²) in [5.74, 6) is 3.05. The van der Waals surface area contributed by atoms with Crippen molar-refractivity contribution < 1.29 is 51.0 Å². The molecule has 0 amide bonds. The summed E-state index contributed by atoms with van der Waals surface area (Å²) in [5, 5.41) is 4.54. The van der Waals surface area contributed by atoms with Gasteiger partial charge in [-0.15, -0.1) is 45.9 Å². The molecule has 0 spiro atoms. The van der Waals surface area contributed by atoms with Crippen LogP contribution >= 0.6 is 11.3 Å². The zero-order chi connectivity index (χ0) is 26.7. The zero-order valence-corrected chi connectivity index (χ0v) is 31.3. The second kappa shape index (κ2) is 11.5. The van der Waals surface area contributed by atoms with Crippen LogP contribution in [-0.4, -0.2) is 8.07 Å². The Bertz CT molecular complexity index is 1620. The van der Waals surface area contributed by atoms with E-state index in [1.54, 1.807) is 26.8 Å². The maximum absolute atomic E-state index is 2.52. The first-order chi connectivity index (χ1) is 18.7. The smallest absolute Gasteiger partial charge is 1.00 e. The Morgan fingerprint density at radius 2 is 1.43 bits per heavy atom. The van der Waals surface area contributed by atoms with Gasteiger partial charge in [0.25, 0.3) is 0 Å². The van der Waals surface area contributed by atoms with Gasteiger partial charge in [-0.1, -0.05) is 66.7 Å². The summed E-state index contributed by atoms with van der Waals surface area (Å²) in [6.07, 6.45) is 8.93. The summed E-state index contributed by atoms with van der Waals surface area (Å²) < 4.78 is 0. The van der Waals surface area contributed by atoms with Crippen LogP contribution in [-0.2, 0) is 31.6 Å². The van der Waals surface area contributed by atoms with Gasteiger partial charge in [0, 0.05) is 15.3 Å². The maximum Gasteiger partial charge on any atom is 3.00 e. The molecule has 1 unspecified atom stereocenters. The Morgan fingerprint density at radius 1 is 0.810 bits per heavy atom. The van der Waals surface area contributed by atoms with Crippen LogP contribution < -0.4 is 24.8 Å². The van der Waals surface area contributed by atoms with E-state index < -0.39 is 8.07 Å². The van der Waals surface area contributed by atoms with E-state index in [0.717, 1.165) is 23.3 Å². The maximum atomic E-state index is 2.52. The standard InChI is InChI=1S/C26H27.C11H14SSi.2ClH.Zr/c1-17-9-22-3-2-4-24(25(22)10-17)21-5-7-23(8-6-21)26-14-18-11-19(15-26)13-20(12-18)16-26;1-6-5-8-9(12-6)11-7(2)10(8)13(11,3)4;;;/h2-10,18-20H,11-16H2,1H3;5,11H,1-4H3;2*1H;/q-1;;;;+3/p-2. The van der Waals surface area contributed by atoms with E-state index in [9.17, 15) is 0 Å². The Balaban J connectivity index is 0.000000188. The average Bonchev–Trinajstić information content (AvgIpc) is 3.57. The first-order valence-electron chi connectivity index (χ1n) is 15.3. The van der Waals surface area contributed by atoms with E-state index in [0.29, 0.717) is 5.41 Å². The number of hydrogen-bond acceptors (Lipinski definition) is 1. The van der Waals surface area contributed by atoms with Crippen molar-refractivity contribution in [1.82, 2.24) is 0 Å². The van der Waals surface area contributed by atoms with Crippen molar-refractivity contribution in [3.05, 3.63) is 92.7 Å². The van der Waals surface area contributed by atoms with Gasteiger partial charge in [-0.2, -0.15) is 6.07 Å². The van der Waals surface area contributed by atoms with Gasteiger partial charge in [0.15, 0.2) is 0 Å². The molecule has 7 aliphatic rings. The molecule has 217 valence electrons. The molecular weight excluding hydrogens is 667 g/mol. The molecule has 1 radical (unpaired) electrons. The Kier molecular flexibility index (Phi) is 8.92. The summed E-state index contributed by atoms with van der Waals surface area (Å²) in [4.78, 5) is 3.19. The molecule has 1 aromatic heterocycles. The molecule has 0 saturated heterocycles. The van der Waals surface area contributed by atoms with Crippen LogP contribution in [0.3, 0.4) is 0 Å². The Morgan fingerprint density at radius 3 is 2.00 bits per heavy atom. The van der Waals surface area contributed by atoms with Crippen LogP contribution in [0.1, 0.15) is 77.4 Å². The molecule has 2 aliphatic heterocycles. The van der Waals surface area contributed by atoms with Crippen molar-refractivity contribution in [2.75, 3.05) is 0 Å². The van der Waals surface area contributed by atoms with Gasteiger partial charge in [0.05, 0.1) is 8.07 Å². The topological polar surface area (TPSA) is 0 Å². The van der Waals surface area contributed by atoms with Gasteiger partial charge in [0.2, 0.25) is 0 Å². The van der Waals surface area contributed by atoms with Crippen LogP contribution in [0, 0.1) is 31.6 Å². The van der Waals surface area contributed by atoms with Crippen molar-refractivity contribution in [1.29, 1.82) is 0 Å². The third kappa shape index (κ3) is 4.88. The molecule has 3 aromatic carbocycles. The summed E-state index contributed by atoms with van der Waals surface area (Å²) in [6.45, 7) is 11.8. The first-order valence-corrected chi connectivity index (χ1v) is 19.2. The Hall–Kier alpha value is -0.830. The third-order valence-electron chi connectivity index (χ3n) is 11.4. The number of allylic oxidation sites excluding steroid dienone is 1. The fourth-order valence-electron chi connectivity index (χ4n) is 10.4. The van der Waals surface area contributed by atoms with Crippen LogP contribution in [0.2, 0.25) is 13.1 Å². The fraction of sp³-hybridized carbons (Fsp3) is 0.432. The molecule has 5 aliphatic carbocycles. The molecule has 6 bridgehead atoms. The summed E-state index contributed by atoms with van der Waals surface area (Å²) in [7, 11) is -0.995. The number of benzene rings is 2. The number of rotatable bonds is 2. The van der Waals surface area contributed by atoms with Crippen molar-refractivity contribution in [2.45, 2.75) is 83.3 Å². The van der Waals surface area contributed by atoms with E-state index in [1.165, 1.54) is 70.9 Å². The molecule has 0 N–H and O–H groups in total. The van der Waals surface area contributed by atoms with Crippen LogP contribution in [0.25, 0.3) is 27.1 Å². The largest absolute Gasteiger partial charge is 3.00 e. The minimum atomic E-state index is -0.995. The molecule has 5 heteroatoms. The number of aryl methyl sites for hydroxylation is 2. The average molecular weight is 708 g/mol. The molecular formula is C37H41Cl2SSiZr. The van der Waals surface area contributed by atoms with Crippen molar-refractivity contribution in [3.63, 3.8) is 0 Å². The van der Waals surface area contributed by atoms with Crippen LogP contribution in [0.15, 0.2) is 66.2 Å². The molecule has 4 saturated carbocycles. The molecule has 4 fully saturated rings. The van der Waals surface area contributed by atoms with Crippen LogP contribution in [0.5, 0.6) is 0 Å². The summed E-state index contributed by atoms with van der Waals surface area (Å²) in [6, 6.07) is 23.5. The van der Waals surface area contributed by atoms with E-state index in [-0.39, 0.29) is 51.0 Å². The fourth-order valence-corrected chi connectivity index (χ4v) is 16.8. The second-order valence-electron chi connectivity index (χ2n) is 14.5. The van der Waals surface area contributed by atoms with E-state index >= 15 is 0 Å². The van der Waals surface area contributed by atoms with E-state index in [4.69, 9.17) is 0 Å². The SMILES string of the molecule is CC1=C2c3cc(C)sc3C1[Si]2(C)C.Cc1cc2c(-c3ccc(C45CC6CC(CC(C6)C4)C5)cc3)cccc2[cH-]1.[Cl-].[Cl-].[Zr+3]. The van der Waals surface area contributed by atoms with Gasteiger partial charge < -0.3 is 24.8 Å². The molecule has 1 atom stereocenters. The van der Waals surface area contributed by atoms with Gasteiger partial charge in [-0.25, -0.2) is 0 Å². The van der Waals surface area contributed by atoms with Gasteiger partial charge in [-0.05, 0) is 98.3 Å². The Labute approximate surface area is 289 Å². The number of halogens is 2. The zero-order valence-electron chi connectivity index (χ0n) is 25.5. The predicted molar refractivity (Wildman–Crippen MR) is 171 cm³/mol.